The van der Waals surface area contributed by atoms with Crippen LogP contribution < -0.4 is 0 Å². The summed E-state index contributed by atoms with van der Waals surface area (Å²) in [6.07, 6.45) is 7.55. The van der Waals surface area contributed by atoms with Crippen LogP contribution in [0.4, 0.5) is 0 Å². The van der Waals surface area contributed by atoms with E-state index in [-0.39, 0.29) is 5.60 Å². The molecule has 1 aliphatic rings. The van der Waals surface area contributed by atoms with Crippen molar-refractivity contribution in [3.8, 4) is 0 Å². The van der Waals surface area contributed by atoms with Crippen LogP contribution in [0.2, 0.25) is 0 Å². The highest BCUT2D eigenvalue weighted by molar-refractivity contribution is 5.41. The third-order valence-corrected chi connectivity index (χ3v) is 3.06. The average molecular weight is 200 g/mol. The second-order valence-electron chi connectivity index (χ2n) is 3.90. The number of hydrogen-bond acceptors (Lipinski definition) is 1. The SMILES string of the molecule is COC(C)(C1=CCC=C1)c1ccccc1. The van der Waals surface area contributed by atoms with Crippen LogP contribution in [-0.4, -0.2) is 7.11 Å². The van der Waals surface area contributed by atoms with Gasteiger partial charge in [-0.2, -0.15) is 0 Å². The Hall–Kier alpha value is -1.34. The standard InChI is InChI=1S/C14H16O/c1-14(15-2,13-10-6-7-11-13)12-8-4-3-5-9-12/h3-6,8-11H,7H2,1-2H3. The Kier molecular flexibility index (Phi) is 2.74. The Labute approximate surface area is 91.1 Å². The molecule has 0 heterocycles. The molecule has 1 aromatic carbocycles. The van der Waals surface area contributed by atoms with Gasteiger partial charge in [0.05, 0.1) is 0 Å². The number of hydrogen-bond donors (Lipinski definition) is 0. The molecule has 0 saturated carbocycles. The third-order valence-electron chi connectivity index (χ3n) is 3.06. The van der Waals surface area contributed by atoms with E-state index in [1.165, 1.54) is 11.1 Å². The van der Waals surface area contributed by atoms with E-state index >= 15 is 0 Å². The molecule has 0 fully saturated rings. The molecular weight excluding hydrogens is 184 g/mol. The molecule has 0 aliphatic heterocycles. The smallest absolute Gasteiger partial charge is 0.115 e. The number of rotatable bonds is 3. The van der Waals surface area contributed by atoms with Gasteiger partial charge in [0.2, 0.25) is 0 Å². The van der Waals surface area contributed by atoms with Gasteiger partial charge in [0.1, 0.15) is 5.60 Å². The Bertz CT molecular complexity index is 389. The topological polar surface area (TPSA) is 9.23 Å². The second-order valence-corrected chi connectivity index (χ2v) is 3.90. The maximum atomic E-state index is 5.69. The summed E-state index contributed by atoms with van der Waals surface area (Å²) in [5.74, 6) is 0. The highest BCUT2D eigenvalue weighted by atomic mass is 16.5. The minimum absolute atomic E-state index is 0.311. The van der Waals surface area contributed by atoms with Crippen molar-refractivity contribution in [1.82, 2.24) is 0 Å². The van der Waals surface area contributed by atoms with Gasteiger partial charge >= 0.3 is 0 Å². The highest BCUT2D eigenvalue weighted by Crippen LogP contribution is 2.35. The van der Waals surface area contributed by atoms with Crippen molar-refractivity contribution >= 4 is 0 Å². The van der Waals surface area contributed by atoms with E-state index in [9.17, 15) is 0 Å². The van der Waals surface area contributed by atoms with Crippen LogP contribution >= 0.6 is 0 Å². The number of methoxy groups -OCH3 is 1. The molecule has 0 bridgehead atoms. The summed E-state index contributed by atoms with van der Waals surface area (Å²) in [5, 5.41) is 0. The first-order chi connectivity index (χ1) is 7.27. The Morgan fingerprint density at radius 1 is 1.20 bits per heavy atom. The summed E-state index contributed by atoms with van der Waals surface area (Å²) in [6, 6.07) is 10.3. The van der Waals surface area contributed by atoms with E-state index < -0.39 is 0 Å². The van der Waals surface area contributed by atoms with E-state index in [0.717, 1.165) is 6.42 Å². The summed E-state index contributed by atoms with van der Waals surface area (Å²) in [4.78, 5) is 0. The molecule has 0 amide bonds. The Morgan fingerprint density at radius 3 is 2.47 bits per heavy atom. The van der Waals surface area contributed by atoms with Gasteiger partial charge in [0, 0.05) is 7.11 Å². The molecule has 2 rings (SSSR count). The monoisotopic (exact) mass is 200 g/mol. The largest absolute Gasteiger partial charge is 0.369 e. The highest BCUT2D eigenvalue weighted by Gasteiger charge is 2.29. The van der Waals surface area contributed by atoms with Gasteiger partial charge in [-0.3, -0.25) is 0 Å². The van der Waals surface area contributed by atoms with Crippen molar-refractivity contribution in [3.63, 3.8) is 0 Å². The van der Waals surface area contributed by atoms with Gasteiger partial charge < -0.3 is 4.74 Å². The Balaban J connectivity index is 2.41. The average Bonchev–Trinajstić information content (AvgIpc) is 2.83. The van der Waals surface area contributed by atoms with Crippen LogP contribution in [0.5, 0.6) is 0 Å². The van der Waals surface area contributed by atoms with E-state index in [2.05, 4.69) is 37.3 Å². The van der Waals surface area contributed by atoms with Crippen LogP contribution in [0.1, 0.15) is 18.9 Å². The van der Waals surface area contributed by atoms with Gasteiger partial charge in [-0.1, -0.05) is 48.6 Å². The molecule has 15 heavy (non-hydrogen) atoms. The number of allylic oxidation sites excluding steroid dienone is 2. The summed E-state index contributed by atoms with van der Waals surface area (Å²) in [6.45, 7) is 2.11. The Morgan fingerprint density at radius 2 is 1.93 bits per heavy atom. The van der Waals surface area contributed by atoms with E-state index in [4.69, 9.17) is 4.74 Å². The molecule has 1 heteroatoms. The van der Waals surface area contributed by atoms with Crippen LogP contribution in [-0.2, 0) is 10.3 Å². The molecular formula is C14H16O. The summed E-state index contributed by atoms with van der Waals surface area (Å²) < 4.78 is 5.69. The van der Waals surface area contributed by atoms with Gasteiger partial charge in [-0.15, -0.1) is 0 Å². The molecule has 1 aromatic rings. The predicted octanol–water partition coefficient (Wildman–Crippen LogP) is 3.43. The molecule has 1 unspecified atom stereocenters. The van der Waals surface area contributed by atoms with Crippen LogP contribution in [0.3, 0.4) is 0 Å². The summed E-state index contributed by atoms with van der Waals surface area (Å²) in [5.41, 5.74) is 2.13. The third kappa shape index (κ3) is 1.75. The minimum atomic E-state index is -0.311. The molecule has 0 spiro atoms. The number of ether oxygens (including phenoxy) is 1. The number of benzene rings is 1. The van der Waals surface area contributed by atoms with Crippen LogP contribution in [0.15, 0.2) is 54.1 Å². The van der Waals surface area contributed by atoms with Crippen LogP contribution in [0, 0.1) is 0 Å². The lowest BCUT2D eigenvalue weighted by atomic mass is 9.88. The van der Waals surface area contributed by atoms with Crippen LogP contribution in [0.25, 0.3) is 0 Å². The van der Waals surface area contributed by atoms with Crippen molar-refractivity contribution in [1.29, 1.82) is 0 Å². The van der Waals surface area contributed by atoms with Crippen molar-refractivity contribution in [2.75, 3.05) is 7.11 Å². The van der Waals surface area contributed by atoms with E-state index in [1.807, 2.05) is 18.2 Å². The molecule has 1 atom stereocenters. The lowest BCUT2D eigenvalue weighted by Crippen LogP contribution is -2.25. The van der Waals surface area contributed by atoms with Gasteiger partial charge in [0.25, 0.3) is 0 Å². The van der Waals surface area contributed by atoms with Crippen molar-refractivity contribution in [2.24, 2.45) is 0 Å². The molecule has 1 aliphatic carbocycles. The zero-order chi connectivity index (χ0) is 10.7. The molecule has 0 saturated heterocycles. The maximum Gasteiger partial charge on any atom is 0.115 e. The first kappa shape index (κ1) is 10.2. The van der Waals surface area contributed by atoms with Gasteiger partial charge in [-0.05, 0) is 24.5 Å². The van der Waals surface area contributed by atoms with E-state index in [1.54, 1.807) is 7.11 Å². The molecule has 0 radical (unpaired) electrons. The summed E-state index contributed by atoms with van der Waals surface area (Å²) in [7, 11) is 1.76. The minimum Gasteiger partial charge on any atom is -0.369 e. The fourth-order valence-corrected chi connectivity index (χ4v) is 1.97. The van der Waals surface area contributed by atoms with Crippen molar-refractivity contribution in [2.45, 2.75) is 18.9 Å². The quantitative estimate of drug-likeness (QED) is 0.726. The molecule has 78 valence electrons. The fourth-order valence-electron chi connectivity index (χ4n) is 1.97. The first-order valence-corrected chi connectivity index (χ1v) is 5.25. The zero-order valence-electron chi connectivity index (χ0n) is 9.23. The van der Waals surface area contributed by atoms with Crippen molar-refractivity contribution in [3.05, 3.63) is 59.7 Å². The first-order valence-electron chi connectivity index (χ1n) is 5.25. The lowest BCUT2D eigenvalue weighted by molar-refractivity contribution is 0.0386. The second kappa shape index (κ2) is 4.03. The summed E-state index contributed by atoms with van der Waals surface area (Å²) >= 11 is 0. The molecule has 0 aromatic heterocycles. The maximum absolute atomic E-state index is 5.69. The molecule has 1 nitrogen and oxygen atoms in total. The fraction of sp³-hybridized carbons (Fsp3) is 0.286. The van der Waals surface area contributed by atoms with Gasteiger partial charge in [-0.25, -0.2) is 0 Å². The predicted molar refractivity (Wildman–Crippen MR) is 62.6 cm³/mol. The zero-order valence-corrected chi connectivity index (χ0v) is 9.23. The van der Waals surface area contributed by atoms with E-state index in [0.29, 0.717) is 0 Å². The van der Waals surface area contributed by atoms with Crippen molar-refractivity contribution < 1.29 is 4.74 Å². The van der Waals surface area contributed by atoms with Gasteiger partial charge in [0.15, 0.2) is 0 Å². The molecule has 0 N–H and O–H groups in total. The normalized spacial score (nSPS) is 18.7. The lowest BCUT2D eigenvalue weighted by Gasteiger charge is -2.29.